The van der Waals surface area contributed by atoms with Crippen molar-refractivity contribution >= 4 is 33.4 Å². The van der Waals surface area contributed by atoms with Gasteiger partial charge in [0.1, 0.15) is 5.82 Å². The first kappa shape index (κ1) is 19.8. The van der Waals surface area contributed by atoms with Gasteiger partial charge in [-0.3, -0.25) is 9.59 Å². The van der Waals surface area contributed by atoms with Crippen LogP contribution >= 0.6 is 15.9 Å². The van der Waals surface area contributed by atoms with E-state index in [1.54, 1.807) is 0 Å². The number of hydrogen-bond donors (Lipinski definition) is 2. The number of anilines is 1. The summed E-state index contributed by atoms with van der Waals surface area (Å²) in [7, 11) is 0. The molecule has 0 atom stereocenters. The van der Waals surface area contributed by atoms with Crippen LogP contribution in [0.4, 0.5) is 10.1 Å². The van der Waals surface area contributed by atoms with Gasteiger partial charge in [-0.05, 0) is 45.8 Å². The normalized spacial score (nSPS) is 10.4. The molecule has 2 amide bonds. The average Bonchev–Trinajstić information content (AvgIpc) is 2.71. The number of nitrogens with one attached hydrogen (secondary N) is 2. The summed E-state index contributed by atoms with van der Waals surface area (Å²) in [5, 5.41) is 5.52. The number of benzene rings is 3. The number of hydrogen-bond acceptors (Lipinski definition) is 2. The van der Waals surface area contributed by atoms with E-state index in [9.17, 15) is 14.0 Å². The molecule has 28 heavy (non-hydrogen) atoms. The third kappa shape index (κ3) is 5.04. The van der Waals surface area contributed by atoms with Crippen LogP contribution in [0.25, 0.3) is 11.1 Å². The van der Waals surface area contributed by atoms with E-state index in [1.807, 2.05) is 54.6 Å². The van der Waals surface area contributed by atoms with Crippen LogP contribution in [0.1, 0.15) is 16.8 Å². The molecule has 0 radical (unpaired) electrons. The van der Waals surface area contributed by atoms with E-state index >= 15 is 0 Å². The second-order valence-electron chi connectivity index (χ2n) is 6.09. The summed E-state index contributed by atoms with van der Waals surface area (Å²) in [6, 6.07) is 21.2. The maximum Gasteiger partial charge on any atom is 0.252 e. The highest BCUT2D eigenvalue weighted by molar-refractivity contribution is 9.10. The number of rotatable bonds is 6. The van der Waals surface area contributed by atoms with E-state index in [0.29, 0.717) is 10.2 Å². The number of carbonyl (C=O) groups excluding carboxylic acids is 2. The molecule has 142 valence electrons. The lowest BCUT2D eigenvalue weighted by atomic mass is 10.0. The Hall–Kier alpha value is -2.99. The topological polar surface area (TPSA) is 58.2 Å². The van der Waals surface area contributed by atoms with Crippen molar-refractivity contribution in [1.82, 2.24) is 5.32 Å². The quantitative estimate of drug-likeness (QED) is 0.565. The molecule has 0 aliphatic heterocycles. The summed E-state index contributed by atoms with van der Waals surface area (Å²) in [5.41, 5.74) is 2.82. The smallest absolute Gasteiger partial charge is 0.252 e. The third-order valence-corrected chi connectivity index (χ3v) is 4.79. The Morgan fingerprint density at radius 2 is 1.64 bits per heavy atom. The van der Waals surface area contributed by atoms with Gasteiger partial charge in [0.25, 0.3) is 5.91 Å². The van der Waals surface area contributed by atoms with E-state index in [-0.39, 0.29) is 24.4 Å². The number of halogens is 2. The molecule has 0 aromatic heterocycles. The molecule has 0 aliphatic rings. The zero-order valence-electron chi connectivity index (χ0n) is 14.9. The van der Waals surface area contributed by atoms with Crippen molar-refractivity contribution in [2.75, 3.05) is 11.9 Å². The molecule has 0 unspecified atom stereocenters. The fourth-order valence-corrected chi connectivity index (χ4v) is 3.16. The van der Waals surface area contributed by atoms with E-state index in [1.165, 1.54) is 12.1 Å². The zero-order chi connectivity index (χ0) is 19.9. The Morgan fingerprint density at radius 1 is 0.929 bits per heavy atom. The lowest BCUT2D eigenvalue weighted by Crippen LogP contribution is -2.28. The Kier molecular flexibility index (Phi) is 6.55. The van der Waals surface area contributed by atoms with Gasteiger partial charge in [-0.2, -0.15) is 0 Å². The summed E-state index contributed by atoms with van der Waals surface area (Å²) >= 11 is 3.22. The monoisotopic (exact) mass is 440 g/mol. The van der Waals surface area contributed by atoms with Crippen molar-refractivity contribution < 1.29 is 14.0 Å². The van der Waals surface area contributed by atoms with Crippen molar-refractivity contribution in [2.45, 2.75) is 6.42 Å². The first-order valence-corrected chi connectivity index (χ1v) is 9.51. The maximum absolute atomic E-state index is 13.3. The standard InChI is InChI=1S/C22H18BrFN2O2/c23-19-11-10-16(24)14-18(19)22(28)25-13-12-21(27)26-20-9-5-4-8-17(20)15-6-2-1-3-7-15/h1-11,14H,12-13H2,(H,25,28)(H,26,27). The molecule has 2 N–H and O–H groups in total. The highest BCUT2D eigenvalue weighted by Gasteiger charge is 2.12. The van der Waals surface area contributed by atoms with Crippen LogP contribution in [0.2, 0.25) is 0 Å². The second kappa shape index (κ2) is 9.28. The van der Waals surface area contributed by atoms with Crippen molar-refractivity contribution in [1.29, 1.82) is 0 Å². The van der Waals surface area contributed by atoms with Gasteiger partial charge >= 0.3 is 0 Å². The molecule has 0 saturated heterocycles. The highest BCUT2D eigenvalue weighted by atomic mass is 79.9. The van der Waals surface area contributed by atoms with Crippen LogP contribution in [-0.2, 0) is 4.79 Å². The van der Waals surface area contributed by atoms with Crippen LogP contribution in [-0.4, -0.2) is 18.4 Å². The van der Waals surface area contributed by atoms with Gasteiger partial charge in [-0.15, -0.1) is 0 Å². The highest BCUT2D eigenvalue weighted by Crippen LogP contribution is 2.27. The van der Waals surface area contributed by atoms with Crippen LogP contribution in [0.15, 0.2) is 77.3 Å². The Morgan fingerprint density at radius 3 is 2.43 bits per heavy atom. The third-order valence-electron chi connectivity index (χ3n) is 4.10. The van der Waals surface area contributed by atoms with Gasteiger partial charge in [0.15, 0.2) is 0 Å². The minimum atomic E-state index is -0.497. The molecule has 3 aromatic carbocycles. The predicted octanol–water partition coefficient (Wildman–Crippen LogP) is 5.01. The van der Waals surface area contributed by atoms with E-state index < -0.39 is 11.7 Å². The largest absolute Gasteiger partial charge is 0.351 e. The van der Waals surface area contributed by atoms with Gasteiger partial charge in [0.05, 0.1) is 5.56 Å². The van der Waals surface area contributed by atoms with Crippen LogP contribution in [0, 0.1) is 5.82 Å². The molecular weight excluding hydrogens is 423 g/mol. The fourth-order valence-electron chi connectivity index (χ4n) is 2.73. The summed E-state index contributed by atoms with van der Waals surface area (Å²) in [6.07, 6.45) is 0.0990. The minimum Gasteiger partial charge on any atom is -0.351 e. The molecule has 3 aromatic rings. The molecule has 3 rings (SSSR count). The summed E-state index contributed by atoms with van der Waals surface area (Å²) in [4.78, 5) is 24.5. The molecule has 0 bridgehead atoms. The van der Waals surface area contributed by atoms with Crippen molar-refractivity contribution in [3.05, 3.63) is 88.6 Å². The number of carbonyl (C=O) groups is 2. The molecule has 0 fully saturated rings. The first-order valence-electron chi connectivity index (χ1n) is 8.72. The van der Waals surface area contributed by atoms with E-state index in [4.69, 9.17) is 0 Å². The van der Waals surface area contributed by atoms with Crippen LogP contribution in [0.5, 0.6) is 0 Å². The minimum absolute atomic E-state index is 0.0990. The Bertz CT molecular complexity index is 993. The maximum atomic E-state index is 13.3. The Labute approximate surface area is 170 Å². The van der Waals surface area contributed by atoms with Gasteiger partial charge in [0.2, 0.25) is 5.91 Å². The lowest BCUT2D eigenvalue weighted by molar-refractivity contribution is -0.116. The predicted molar refractivity (Wildman–Crippen MR) is 112 cm³/mol. The van der Waals surface area contributed by atoms with Crippen molar-refractivity contribution in [3.63, 3.8) is 0 Å². The Balaban J connectivity index is 1.58. The molecule has 6 heteroatoms. The van der Waals surface area contributed by atoms with E-state index in [2.05, 4.69) is 26.6 Å². The lowest BCUT2D eigenvalue weighted by Gasteiger charge is -2.12. The zero-order valence-corrected chi connectivity index (χ0v) is 16.5. The van der Waals surface area contributed by atoms with Gasteiger partial charge in [-0.25, -0.2) is 4.39 Å². The van der Waals surface area contributed by atoms with Gasteiger partial charge in [0, 0.05) is 28.7 Å². The molecule has 0 aliphatic carbocycles. The van der Waals surface area contributed by atoms with Gasteiger partial charge in [-0.1, -0.05) is 48.5 Å². The molecule has 0 saturated carbocycles. The molecule has 0 spiro atoms. The summed E-state index contributed by atoms with van der Waals surface area (Å²) in [5.74, 6) is -1.16. The molecule has 0 heterocycles. The van der Waals surface area contributed by atoms with Crippen molar-refractivity contribution in [3.8, 4) is 11.1 Å². The SMILES string of the molecule is O=C(CCNC(=O)c1cc(F)ccc1Br)Nc1ccccc1-c1ccccc1. The summed E-state index contributed by atoms with van der Waals surface area (Å²) in [6.45, 7) is 0.140. The van der Waals surface area contributed by atoms with Crippen LogP contribution < -0.4 is 10.6 Å². The molecular formula is C22H18BrFN2O2. The van der Waals surface area contributed by atoms with Gasteiger partial charge < -0.3 is 10.6 Å². The van der Waals surface area contributed by atoms with Crippen molar-refractivity contribution in [2.24, 2.45) is 0 Å². The number of para-hydroxylation sites is 1. The first-order chi connectivity index (χ1) is 13.5. The molecule has 4 nitrogen and oxygen atoms in total. The van der Waals surface area contributed by atoms with Crippen LogP contribution in [0.3, 0.4) is 0 Å². The van der Waals surface area contributed by atoms with E-state index in [0.717, 1.165) is 17.2 Å². The average molecular weight is 441 g/mol. The second-order valence-corrected chi connectivity index (χ2v) is 6.94. The fraction of sp³-hybridized carbons (Fsp3) is 0.0909. The summed E-state index contributed by atoms with van der Waals surface area (Å²) < 4.78 is 13.8. The number of amides is 2.